The van der Waals surface area contributed by atoms with E-state index in [1.807, 2.05) is 0 Å². The van der Waals surface area contributed by atoms with Crippen LogP contribution in [-0.2, 0) is 4.74 Å². The summed E-state index contributed by atoms with van der Waals surface area (Å²) in [7, 11) is 1.10. The minimum absolute atomic E-state index is 0. The van der Waals surface area contributed by atoms with Crippen molar-refractivity contribution in [1.29, 1.82) is 0 Å². The maximum Gasteiger partial charge on any atom is 0.505 e. The molecular formula is C2H4CaO3. The van der Waals surface area contributed by atoms with Gasteiger partial charge in [-0.25, -0.2) is 4.79 Å². The Balaban J connectivity index is 0. The molecule has 0 aromatic rings. The fourth-order valence-corrected chi connectivity index (χ4v) is 0. The number of carboxylic acid groups (broad SMARTS) is 1. The molecule has 6 heavy (non-hydrogen) atoms. The average Bonchev–Trinajstić information content (AvgIpc) is 1.38. The summed E-state index contributed by atoms with van der Waals surface area (Å²) in [5.41, 5.74) is 0. The summed E-state index contributed by atoms with van der Waals surface area (Å²) in [5, 5.41) is 7.50. The zero-order valence-electron chi connectivity index (χ0n) is 3.47. The Bertz CT molecular complexity index is 44.1. The smallest absolute Gasteiger partial charge is 0.450 e. The van der Waals surface area contributed by atoms with E-state index in [0.29, 0.717) is 0 Å². The Morgan fingerprint density at radius 2 is 2.00 bits per heavy atom. The first kappa shape index (κ1) is 9.73. The summed E-state index contributed by atoms with van der Waals surface area (Å²) >= 11 is 0. The van der Waals surface area contributed by atoms with Crippen LogP contribution in [0.3, 0.4) is 0 Å². The molecule has 0 amide bonds. The molecule has 0 atom stereocenters. The minimum Gasteiger partial charge on any atom is -0.450 e. The SMILES string of the molecule is COC(=O)O.[Ca]. The van der Waals surface area contributed by atoms with Crippen LogP contribution >= 0.6 is 0 Å². The molecule has 0 bridgehead atoms. The monoisotopic (exact) mass is 116 g/mol. The Hall–Kier alpha value is 0.530. The van der Waals surface area contributed by atoms with Gasteiger partial charge in [0.2, 0.25) is 0 Å². The summed E-state index contributed by atoms with van der Waals surface area (Å²) < 4.78 is 3.67. The maximum atomic E-state index is 9.15. The molecule has 3 nitrogen and oxygen atoms in total. The number of hydrogen-bond acceptors (Lipinski definition) is 2. The third-order valence-electron chi connectivity index (χ3n) is 0.175. The summed E-state index contributed by atoms with van der Waals surface area (Å²) in [6, 6.07) is 0. The van der Waals surface area contributed by atoms with E-state index >= 15 is 0 Å². The second-order valence-electron chi connectivity index (χ2n) is 0.470. The van der Waals surface area contributed by atoms with Crippen molar-refractivity contribution in [2.24, 2.45) is 0 Å². The standard InChI is InChI=1S/C2H4O3.Ca/c1-5-2(3)4;/h1H3,(H,3,4);. The summed E-state index contributed by atoms with van der Waals surface area (Å²) in [5.74, 6) is 0. The molecule has 1 N–H and O–H groups in total. The van der Waals surface area contributed by atoms with Crippen molar-refractivity contribution >= 4 is 43.9 Å². The first-order valence-corrected chi connectivity index (χ1v) is 1.04. The van der Waals surface area contributed by atoms with Crippen molar-refractivity contribution in [2.45, 2.75) is 0 Å². The molecule has 0 aromatic heterocycles. The van der Waals surface area contributed by atoms with E-state index in [4.69, 9.17) is 9.90 Å². The first-order chi connectivity index (χ1) is 2.27. The van der Waals surface area contributed by atoms with Crippen LogP contribution in [0, 0.1) is 0 Å². The Labute approximate surface area is 65.3 Å². The largest absolute Gasteiger partial charge is 0.505 e. The second-order valence-corrected chi connectivity index (χ2v) is 0.470. The van der Waals surface area contributed by atoms with Gasteiger partial charge < -0.3 is 9.84 Å². The van der Waals surface area contributed by atoms with E-state index in [1.54, 1.807) is 0 Å². The van der Waals surface area contributed by atoms with Gasteiger partial charge in [0, 0.05) is 37.7 Å². The van der Waals surface area contributed by atoms with Gasteiger partial charge in [0.05, 0.1) is 7.11 Å². The van der Waals surface area contributed by atoms with Crippen molar-refractivity contribution < 1.29 is 14.6 Å². The third kappa shape index (κ3) is 8.82. The normalized spacial score (nSPS) is 5.50. The van der Waals surface area contributed by atoms with Gasteiger partial charge in [0.1, 0.15) is 0 Å². The van der Waals surface area contributed by atoms with Gasteiger partial charge >= 0.3 is 6.16 Å². The Kier molecular flexibility index (Phi) is 8.97. The van der Waals surface area contributed by atoms with Crippen LogP contribution in [-0.4, -0.2) is 56.1 Å². The maximum absolute atomic E-state index is 9.15. The molecular weight excluding hydrogens is 112 g/mol. The number of methoxy groups -OCH3 is 1. The van der Waals surface area contributed by atoms with E-state index in [-0.39, 0.29) is 37.7 Å². The fourth-order valence-electron chi connectivity index (χ4n) is 0. The van der Waals surface area contributed by atoms with Gasteiger partial charge in [-0.15, -0.1) is 0 Å². The van der Waals surface area contributed by atoms with Crippen molar-refractivity contribution in [3.63, 3.8) is 0 Å². The molecule has 0 rings (SSSR count). The van der Waals surface area contributed by atoms with Crippen LogP contribution in [0.2, 0.25) is 0 Å². The molecule has 0 unspecified atom stereocenters. The van der Waals surface area contributed by atoms with Crippen LogP contribution in [0.4, 0.5) is 4.79 Å². The van der Waals surface area contributed by atoms with Crippen molar-refractivity contribution in [2.75, 3.05) is 7.11 Å². The van der Waals surface area contributed by atoms with Crippen LogP contribution < -0.4 is 0 Å². The predicted molar refractivity (Wildman–Crippen MR) is 20.8 cm³/mol. The van der Waals surface area contributed by atoms with Gasteiger partial charge in [-0.05, 0) is 0 Å². The number of rotatable bonds is 0. The zero-order chi connectivity index (χ0) is 4.28. The molecule has 0 heterocycles. The average molecular weight is 116 g/mol. The Morgan fingerprint density at radius 3 is 2.00 bits per heavy atom. The van der Waals surface area contributed by atoms with Crippen LogP contribution in [0.1, 0.15) is 0 Å². The van der Waals surface area contributed by atoms with Crippen LogP contribution in [0.15, 0.2) is 0 Å². The first-order valence-electron chi connectivity index (χ1n) is 1.04. The second kappa shape index (κ2) is 5.53. The molecule has 0 aliphatic carbocycles. The molecule has 32 valence electrons. The van der Waals surface area contributed by atoms with Gasteiger partial charge in [-0.2, -0.15) is 0 Å². The fraction of sp³-hybridized carbons (Fsp3) is 0.500. The van der Waals surface area contributed by atoms with Crippen LogP contribution in [0.25, 0.3) is 0 Å². The molecule has 0 saturated heterocycles. The topological polar surface area (TPSA) is 46.5 Å². The van der Waals surface area contributed by atoms with Crippen molar-refractivity contribution in [1.82, 2.24) is 0 Å². The number of ether oxygens (including phenoxy) is 1. The number of carbonyl (C=O) groups is 1. The summed E-state index contributed by atoms with van der Waals surface area (Å²) in [4.78, 5) is 9.15. The van der Waals surface area contributed by atoms with Gasteiger partial charge in [-0.3, -0.25) is 0 Å². The molecule has 4 heteroatoms. The Morgan fingerprint density at radius 1 is 1.83 bits per heavy atom. The molecule has 0 spiro atoms. The molecule has 0 saturated carbocycles. The minimum atomic E-state index is -1.25. The molecule has 0 aliphatic heterocycles. The van der Waals surface area contributed by atoms with E-state index in [9.17, 15) is 0 Å². The van der Waals surface area contributed by atoms with E-state index in [1.165, 1.54) is 0 Å². The van der Waals surface area contributed by atoms with E-state index in [0.717, 1.165) is 7.11 Å². The van der Waals surface area contributed by atoms with E-state index < -0.39 is 6.16 Å². The van der Waals surface area contributed by atoms with Crippen LogP contribution in [0.5, 0.6) is 0 Å². The molecule has 0 aromatic carbocycles. The van der Waals surface area contributed by atoms with Crippen molar-refractivity contribution in [3.8, 4) is 0 Å². The number of hydrogen-bond donors (Lipinski definition) is 1. The zero-order valence-corrected chi connectivity index (χ0v) is 5.68. The third-order valence-corrected chi connectivity index (χ3v) is 0.175. The van der Waals surface area contributed by atoms with Crippen molar-refractivity contribution in [3.05, 3.63) is 0 Å². The van der Waals surface area contributed by atoms with Gasteiger partial charge in [0.25, 0.3) is 0 Å². The quantitative estimate of drug-likeness (QED) is 0.356. The molecule has 0 aliphatic rings. The predicted octanol–water partition coefficient (Wildman–Crippen LogP) is -0.0700. The molecule has 0 fully saturated rings. The summed E-state index contributed by atoms with van der Waals surface area (Å²) in [6.07, 6.45) is -1.25. The summed E-state index contributed by atoms with van der Waals surface area (Å²) in [6.45, 7) is 0. The molecule has 2 radical (unpaired) electrons. The van der Waals surface area contributed by atoms with E-state index in [2.05, 4.69) is 4.74 Å². The van der Waals surface area contributed by atoms with Gasteiger partial charge in [-0.1, -0.05) is 0 Å². The van der Waals surface area contributed by atoms with Gasteiger partial charge in [0.15, 0.2) is 0 Å².